The zero-order valence-electron chi connectivity index (χ0n) is 11.6. The van der Waals surface area contributed by atoms with Crippen molar-refractivity contribution in [3.05, 3.63) is 58.3 Å². The Hall–Kier alpha value is -1.39. The lowest BCUT2D eigenvalue weighted by Gasteiger charge is -2.27. The van der Waals surface area contributed by atoms with Gasteiger partial charge >= 0.3 is 0 Å². The molecule has 2 nitrogen and oxygen atoms in total. The molecule has 0 saturated heterocycles. The molecule has 0 fully saturated rings. The Morgan fingerprint density at radius 3 is 2.60 bits per heavy atom. The summed E-state index contributed by atoms with van der Waals surface area (Å²) in [5.41, 5.74) is 8.92. The van der Waals surface area contributed by atoms with E-state index in [0.717, 1.165) is 28.0 Å². The molecule has 2 aromatic rings. The molecule has 2 aromatic carbocycles. The summed E-state index contributed by atoms with van der Waals surface area (Å²) in [5.74, 6) is -0.238. The highest BCUT2D eigenvalue weighted by molar-refractivity contribution is 9.10. The lowest BCUT2D eigenvalue weighted by atomic mass is 10.1. The van der Waals surface area contributed by atoms with Crippen LogP contribution in [0.25, 0.3) is 0 Å². The molecule has 0 bridgehead atoms. The third-order valence-corrected chi connectivity index (χ3v) is 3.70. The van der Waals surface area contributed by atoms with Gasteiger partial charge in [0.2, 0.25) is 0 Å². The van der Waals surface area contributed by atoms with Crippen molar-refractivity contribution in [2.75, 3.05) is 11.4 Å². The van der Waals surface area contributed by atoms with E-state index in [2.05, 4.69) is 20.8 Å². The van der Waals surface area contributed by atoms with Crippen LogP contribution in [0.3, 0.4) is 0 Å². The molecule has 1 atom stereocenters. The standard InChI is InChI=1S/C16H18BrFN2/c1-3-20(14-6-4-5-13(18)10-14)16-9-12(17)7-8-15(16)11(2)19/h4-11H,3,19H2,1-2H3. The zero-order valence-corrected chi connectivity index (χ0v) is 13.2. The van der Waals surface area contributed by atoms with Crippen LogP contribution in [0.2, 0.25) is 0 Å². The minimum atomic E-state index is -0.238. The van der Waals surface area contributed by atoms with Gasteiger partial charge in [-0.15, -0.1) is 0 Å². The first-order chi connectivity index (χ1) is 9.52. The molecular weight excluding hydrogens is 319 g/mol. The summed E-state index contributed by atoms with van der Waals surface area (Å²) < 4.78 is 14.4. The molecule has 0 radical (unpaired) electrons. The van der Waals surface area contributed by atoms with Crippen molar-refractivity contribution in [3.8, 4) is 0 Å². The monoisotopic (exact) mass is 336 g/mol. The largest absolute Gasteiger partial charge is 0.341 e. The third-order valence-electron chi connectivity index (χ3n) is 3.21. The smallest absolute Gasteiger partial charge is 0.125 e. The van der Waals surface area contributed by atoms with Gasteiger partial charge in [0.1, 0.15) is 5.82 Å². The SMILES string of the molecule is CCN(c1cccc(F)c1)c1cc(Br)ccc1C(C)N. The van der Waals surface area contributed by atoms with E-state index < -0.39 is 0 Å². The number of hydrogen-bond acceptors (Lipinski definition) is 2. The summed E-state index contributed by atoms with van der Waals surface area (Å²) >= 11 is 3.49. The maximum absolute atomic E-state index is 13.5. The highest BCUT2D eigenvalue weighted by Crippen LogP contribution is 2.33. The van der Waals surface area contributed by atoms with Crippen molar-refractivity contribution in [1.82, 2.24) is 0 Å². The molecule has 0 aliphatic heterocycles. The first-order valence-corrected chi connectivity index (χ1v) is 7.40. The fourth-order valence-corrected chi connectivity index (χ4v) is 2.62. The lowest BCUT2D eigenvalue weighted by Crippen LogP contribution is -2.20. The van der Waals surface area contributed by atoms with E-state index in [1.807, 2.05) is 38.1 Å². The maximum atomic E-state index is 13.5. The van der Waals surface area contributed by atoms with Crippen molar-refractivity contribution in [1.29, 1.82) is 0 Å². The Balaban J connectivity index is 2.54. The van der Waals surface area contributed by atoms with Crippen LogP contribution in [0.5, 0.6) is 0 Å². The van der Waals surface area contributed by atoms with E-state index in [9.17, 15) is 4.39 Å². The molecule has 4 heteroatoms. The summed E-state index contributed by atoms with van der Waals surface area (Å²) in [6.45, 7) is 4.72. The van der Waals surface area contributed by atoms with Crippen molar-refractivity contribution >= 4 is 27.3 Å². The molecule has 20 heavy (non-hydrogen) atoms. The van der Waals surface area contributed by atoms with Crippen LogP contribution in [-0.2, 0) is 0 Å². The normalized spacial score (nSPS) is 12.2. The summed E-state index contributed by atoms with van der Waals surface area (Å²) in [6.07, 6.45) is 0. The second-order valence-electron chi connectivity index (χ2n) is 4.72. The minimum absolute atomic E-state index is 0.0827. The van der Waals surface area contributed by atoms with E-state index in [4.69, 9.17) is 5.73 Å². The van der Waals surface area contributed by atoms with Gasteiger partial charge in [-0.2, -0.15) is 0 Å². The van der Waals surface area contributed by atoms with E-state index in [0.29, 0.717) is 0 Å². The number of halogens is 2. The summed E-state index contributed by atoms with van der Waals surface area (Å²) in [7, 11) is 0. The third kappa shape index (κ3) is 3.19. The van der Waals surface area contributed by atoms with Crippen molar-refractivity contribution < 1.29 is 4.39 Å². The molecule has 1 unspecified atom stereocenters. The molecule has 2 rings (SSSR count). The number of nitrogens with zero attached hydrogens (tertiary/aromatic N) is 1. The first kappa shape index (κ1) is 15.0. The van der Waals surface area contributed by atoms with Crippen molar-refractivity contribution in [2.24, 2.45) is 5.73 Å². The van der Waals surface area contributed by atoms with Gasteiger partial charge in [-0.3, -0.25) is 0 Å². The Morgan fingerprint density at radius 2 is 2.00 bits per heavy atom. The van der Waals surface area contributed by atoms with Gasteiger partial charge in [-0.1, -0.05) is 28.1 Å². The Kier molecular flexibility index (Phi) is 4.78. The van der Waals surface area contributed by atoms with Gasteiger partial charge in [0.15, 0.2) is 0 Å². The van der Waals surface area contributed by atoms with Crippen LogP contribution in [-0.4, -0.2) is 6.54 Å². The minimum Gasteiger partial charge on any atom is -0.341 e. The molecular formula is C16H18BrFN2. The average molecular weight is 337 g/mol. The molecule has 0 amide bonds. The number of benzene rings is 2. The Labute approximate surface area is 127 Å². The highest BCUT2D eigenvalue weighted by Gasteiger charge is 2.15. The van der Waals surface area contributed by atoms with Gasteiger partial charge in [-0.05, 0) is 49.7 Å². The van der Waals surface area contributed by atoms with Gasteiger partial charge in [0.05, 0.1) is 0 Å². The van der Waals surface area contributed by atoms with Crippen molar-refractivity contribution in [2.45, 2.75) is 19.9 Å². The van der Waals surface area contributed by atoms with E-state index in [1.165, 1.54) is 12.1 Å². The Morgan fingerprint density at radius 1 is 1.25 bits per heavy atom. The van der Waals surface area contributed by atoms with Gasteiger partial charge in [0.25, 0.3) is 0 Å². The fourth-order valence-electron chi connectivity index (χ4n) is 2.27. The van der Waals surface area contributed by atoms with Crippen LogP contribution in [0.15, 0.2) is 46.9 Å². The molecule has 2 N–H and O–H groups in total. The topological polar surface area (TPSA) is 29.3 Å². The Bertz CT molecular complexity index is 599. The predicted octanol–water partition coefficient (Wildman–Crippen LogP) is 4.77. The molecule has 106 valence electrons. The average Bonchev–Trinajstić information content (AvgIpc) is 2.39. The molecule has 0 aliphatic carbocycles. The van der Waals surface area contributed by atoms with Crippen molar-refractivity contribution in [3.63, 3.8) is 0 Å². The summed E-state index contributed by atoms with van der Waals surface area (Å²) in [4.78, 5) is 2.06. The molecule has 0 aliphatic rings. The zero-order chi connectivity index (χ0) is 14.7. The number of anilines is 2. The maximum Gasteiger partial charge on any atom is 0.125 e. The summed E-state index contributed by atoms with van der Waals surface area (Å²) in [5, 5.41) is 0. The predicted molar refractivity (Wildman–Crippen MR) is 85.8 cm³/mol. The number of rotatable bonds is 4. The van der Waals surface area contributed by atoms with Gasteiger partial charge in [0, 0.05) is 28.4 Å². The highest BCUT2D eigenvalue weighted by atomic mass is 79.9. The quantitative estimate of drug-likeness (QED) is 0.871. The summed E-state index contributed by atoms with van der Waals surface area (Å²) in [6, 6.07) is 12.5. The van der Waals surface area contributed by atoms with Crippen LogP contribution in [0, 0.1) is 5.82 Å². The molecule has 0 spiro atoms. The van der Waals surface area contributed by atoms with E-state index in [-0.39, 0.29) is 11.9 Å². The van der Waals surface area contributed by atoms with Gasteiger partial charge < -0.3 is 10.6 Å². The second kappa shape index (κ2) is 6.37. The van der Waals surface area contributed by atoms with Crippen LogP contribution >= 0.6 is 15.9 Å². The molecule has 0 saturated carbocycles. The number of nitrogens with two attached hydrogens (primary N) is 1. The lowest BCUT2D eigenvalue weighted by molar-refractivity contribution is 0.627. The number of hydrogen-bond donors (Lipinski definition) is 1. The molecule has 0 heterocycles. The van der Waals surface area contributed by atoms with Gasteiger partial charge in [-0.25, -0.2) is 4.39 Å². The fraction of sp³-hybridized carbons (Fsp3) is 0.250. The van der Waals surface area contributed by atoms with E-state index in [1.54, 1.807) is 6.07 Å². The molecule has 0 aromatic heterocycles. The van der Waals surface area contributed by atoms with E-state index >= 15 is 0 Å². The van der Waals surface area contributed by atoms with Crippen LogP contribution in [0.1, 0.15) is 25.5 Å². The van der Waals surface area contributed by atoms with Crippen LogP contribution in [0.4, 0.5) is 15.8 Å². The first-order valence-electron chi connectivity index (χ1n) is 6.61. The second-order valence-corrected chi connectivity index (χ2v) is 5.63. The van der Waals surface area contributed by atoms with Crippen LogP contribution < -0.4 is 10.6 Å².